The van der Waals surface area contributed by atoms with Gasteiger partial charge in [-0.15, -0.1) is 11.8 Å². The number of halogens is 3. The smallest absolute Gasteiger partial charge is 0.380 e. The van der Waals surface area contributed by atoms with E-state index >= 15 is 0 Å². The molecule has 0 unspecified atom stereocenters. The van der Waals surface area contributed by atoms with Gasteiger partial charge in [-0.3, -0.25) is 4.79 Å². The van der Waals surface area contributed by atoms with Crippen LogP contribution < -0.4 is 0 Å². The Morgan fingerprint density at radius 2 is 1.63 bits per heavy atom. The Bertz CT molecular complexity index is 887. The summed E-state index contributed by atoms with van der Waals surface area (Å²) in [4.78, 5) is 15.4. The lowest BCUT2D eigenvalue weighted by Crippen LogP contribution is -2.46. The molecule has 0 spiro atoms. The third-order valence-corrected chi connectivity index (χ3v) is 6.91. The number of piperidine rings is 1. The minimum Gasteiger partial charge on any atom is -0.380 e. The molecule has 0 aromatic heterocycles. The van der Waals surface area contributed by atoms with Crippen LogP contribution in [0.4, 0.5) is 13.2 Å². The van der Waals surface area contributed by atoms with Crippen LogP contribution in [0, 0.1) is 0 Å². The predicted molar refractivity (Wildman–Crippen MR) is 107 cm³/mol. The van der Waals surface area contributed by atoms with Crippen molar-refractivity contribution in [2.75, 3.05) is 26.3 Å². The van der Waals surface area contributed by atoms with Crippen LogP contribution in [0.5, 0.6) is 0 Å². The van der Waals surface area contributed by atoms with E-state index in [4.69, 9.17) is 4.74 Å². The van der Waals surface area contributed by atoms with E-state index in [1.165, 1.54) is 12.1 Å². The molecular weight excluding hydrogens is 415 g/mol. The van der Waals surface area contributed by atoms with Crippen molar-refractivity contribution in [3.8, 4) is 0 Å². The van der Waals surface area contributed by atoms with E-state index in [2.05, 4.69) is 0 Å². The van der Waals surface area contributed by atoms with E-state index in [1.54, 1.807) is 40.9 Å². The van der Waals surface area contributed by atoms with E-state index in [0.717, 1.165) is 35.4 Å². The van der Waals surface area contributed by atoms with Crippen molar-refractivity contribution >= 4 is 17.7 Å². The molecule has 1 amide bonds. The number of carbonyl (C=O) groups is 1. The topological polar surface area (TPSA) is 49.8 Å². The Labute approximate surface area is 177 Å². The van der Waals surface area contributed by atoms with Gasteiger partial charge in [-0.1, -0.05) is 12.1 Å². The lowest BCUT2D eigenvalue weighted by atomic mass is 9.91. The summed E-state index contributed by atoms with van der Waals surface area (Å²) >= 11 is 1.56. The summed E-state index contributed by atoms with van der Waals surface area (Å²) in [5.74, 6) is -0.0450. The number of hydrogen-bond donors (Lipinski definition) is 1. The van der Waals surface area contributed by atoms with E-state index in [-0.39, 0.29) is 24.4 Å². The van der Waals surface area contributed by atoms with Crippen LogP contribution >= 0.6 is 11.8 Å². The molecular formula is C22H22F3NO3S. The monoisotopic (exact) mass is 437 g/mol. The molecule has 2 heterocycles. The highest BCUT2D eigenvalue weighted by molar-refractivity contribution is 8.00. The first-order valence-corrected chi connectivity index (χ1v) is 10.7. The Morgan fingerprint density at radius 3 is 2.13 bits per heavy atom. The Morgan fingerprint density at radius 1 is 1.03 bits per heavy atom. The minimum absolute atomic E-state index is 0.0450. The highest BCUT2D eigenvalue weighted by atomic mass is 32.2. The third kappa shape index (κ3) is 4.50. The number of alkyl halides is 3. The van der Waals surface area contributed by atoms with Gasteiger partial charge >= 0.3 is 6.18 Å². The molecule has 2 aliphatic heterocycles. The van der Waals surface area contributed by atoms with Crippen molar-refractivity contribution in [1.82, 2.24) is 4.90 Å². The number of thioether (sulfide) groups is 1. The van der Waals surface area contributed by atoms with Gasteiger partial charge in [0.2, 0.25) is 0 Å². The fourth-order valence-electron chi connectivity index (χ4n) is 3.66. The highest BCUT2D eigenvalue weighted by Gasteiger charge is 2.38. The Hall–Kier alpha value is -2.03. The minimum atomic E-state index is -4.32. The van der Waals surface area contributed by atoms with Crippen molar-refractivity contribution in [3.05, 3.63) is 65.2 Å². The van der Waals surface area contributed by atoms with Gasteiger partial charge in [-0.05, 0) is 54.8 Å². The van der Waals surface area contributed by atoms with Crippen LogP contribution in [-0.2, 0) is 16.5 Å². The molecule has 0 bridgehead atoms. The van der Waals surface area contributed by atoms with Crippen LogP contribution in [0.25, 0.3) is 0 Å². The zero-order valence-corrected chi connectivity index (χ0v) is 17.0. The molecule has 0 aliphatic carbocycles. The number of likely N-dealkylation sites (tertiary alicyclic amines) is 1. The second-order valence-corrected chi connectivity index (χ2v) is 9.11. The summed E-state index contributed by atoms with van der Waals surface area (Å²) in [6.45, 7) is 1.75. The molecule has 1 N–H and O–H groups in total. The maximum absolute atomic E-state index is 12.8. The van der Waals surface area contributed by atoms with Crippen LogP contribution in [-0.4, -0.2) is 47.5 Å². The second kappa shape index (κ2) is 8.24. The zero-order valence-electron chi connectivity index (χ0n) is 16.2. The van der Waals surface area contributed by atoms with Gasteiger partial charge < -0.3 is 14.7 Å². The van der Waals surface area contributed by atoms with Gasteiger partial charge in [0.15, 0.2) is 0 Å². The lowest BCUT2D eigenvalue weighted by Gasteiger charge is -2.36. The molecule has 0 saturated carbocycles. The molecule has 2 aromatic rings. The van der Waals surface area contributed by atoms with Gasteiger partial charge in [0, 0.05) is 28.8 Å². The summed E-state index contributed by atoms with van der Waals surface area (Å²) in [6, 6.07) is 12.2. The normalized spacial score (nSPS) is 19.4. The first-order valence-electron chi connectivity index (χ1n) is 9.78. The SMILES string of the molecule is O=C(c1ccc(C2(O)COC2)cc1)N1CCC(Sc2ccc(C(F)(F)F)cc2)CC1. The molecule has 2 saturated heterocycles. The summed E-state index contributed by atoms with van der Waals surface area (Å²) in [7, 11) is 0. The molecule has 2 aliphatic rings. The Kier molecular flexibility index (Phi) is 5.83. The highest BCUT2D eigenvalue weighted by Crippen LogP contribution is 2.34. The third-order valence-electron chi connectivity index (χ3n) is 5.56. The molecule has 0 radical (unpaired) electrons. The van der Waals surface area contributed by atoms with Crippen molar-refractivity contribution in [3.63, 3.8) is 0 Å². The fraction of sp³-hybridized carbons (Fsp3) is 0.409. The maximum Gasteiger partial charge on any atom is 0.416 e. The quantitative estimate of drug-likeness (QED) is 0.774. The van der Waals surface area contributed by atoms with Crippen molar-refractivity contribution in [2.24, 2.45) is 0 Å². The van der Waals surface area contributed by atoms with E-state index in [0.29, 0.717) is 18.7 Å². The number of hydrogen-bond acceptors (Lipinski definition) is 4. The standard InChI is InChI=1S/C22H22F3NO3S/c23-22(24,25)17-5-7-18(8-6-17)30-19-9-11-26(12-10-19)20(27)15-1-3-16(4-2-15)21(28)13-29-14-21/h1-8,19,28H,9-14H2. The van der Waals surface area contributed by atoms with Gasteiger partial charge in [0.25, 0.3) is 5.91 Å². The largest absolute Gasteiger partial charge is 0.416 e. The van der Waals surface area contributed by atoms with Crippen LogP contribution in [0.15, 0.2) is 53.4 Å². The van der Waals surface area contributed by atoms with E-state index in [9.17, 15) is 23.1 Å². The van der Waals surface area contributed by atoms with Crippen LogP contribution in [0.1, 0.15) is 34.3 Å². The van der Waals surface area contributed by atoms with Crippen molar-refractivity contribution in [1.29, 1.82) is 0 Å². The van der Waals surface area contributed by atoms with Crippen molar-refractivity contribution in [2.45, 2.75) is 34.8 Å². The molecule has 4 rings (SSSR count). The summed E-state index contributed by atoms with van der Waals surface area (Å²) in [5.41, 5.74) is -0.265. The first-order chi connectivity index (χ1) is 14.2. The second-order valence-electron chi connectivity index (χ2n) is 7.73. The van der Waals surface area contributed by atoms with Crippen molar-refractivity contribution < 1.29 is 27.8 Å². The average molecular weight is 437 g/mol. The maximum atomic E-state index is 12.8. The zero-order chi connectivity index (χ0) is 21.4. The Balaban J connectivity index is 1.30. The molecule has 0 atom stereocenters. The number of nitrogens with zero attached hydrogens (tertiary/aromatic N) is 1. The molecule has 2 aromatic carbocycles. The summed E-state index contributed by atoms with van der Waals surface area (Å²) < 4.78 is 43.1. The number of carbonyl (C=O) groups excluding carboxylic acids is 1. The average Bonchev–Trinajstić information content (AvgIpc) is 2.72. The summed E-state index contributed by atoms with van der Waals surface area (Å²) in [6.07, 6.45) is -2.75. The van der Waals surface area contributed by atoms with Gasteiger partial charge in [0.1, 0.15) is 5.60 Å². The first kappa shape index (κ1) is 21.2. The number of aliphatic hydroxyl groups is 1. The molecule has 160 valence electrons. The summed E-state index contributed by atoms with van der Waals surface area (Å²) in [5, 5.41) is 10.6. The van der Waals surface area contributed by atoms with Crippen LogP contribution in [0.3, 0.4) is 0 Å². The number of benzene rings is 2. The predicted octanol–water partition coefficient (Wildman–Crippen LogP) is 4.32. The molecule has 4 nitrogen and oxygen atoms in total. The van der Waals surface area contributed by atoms with E-state index < -0.39 is 17.3 Å². The van der Waals surface area contributed by atoms with Gasteiger partial charge in [0.05, 0.1) is 18.8 Å². The fourth-order valence-corrected chi connectivity index (χ4v) is 4.78. The molecule has 8 heteroatoms. The van der Waals surface area contributed by atoms with Gasteiger partial charge in [-0.25, -0.2) is 0 Å². The van der Waals surface area contributed by atoms with E-state index in [1.807, 2.05) is 0 Å². The van der Waals surface area contributed by atoms with Gasteiger partial charge in [-0.2, -0.15) is 13.2 Å². The number of amides is 1. The molecule has 2 fully saturated rings. The number of rotatable bonds is 4. The lowest BCUT2D eigenvalue weighted by molar-refractivity contribution is -0.184. The number of ether oxygens (including phenoxy) is 1. The molecule has 30 heavy (non-hydrogen) atoms. The van der Waals surface area contributed by atoms with Crippen LogP contribution in [0.2, 0.25) is 0 Å².